The van der Waals surface area contributed by atoms with Crippen molar-refractivity contribution in [3.8, 4) is 0 Å². The number of nitrogens with zero attached hydrogens (tertiary/aromatic N) is 2. The number of amides is 3. The molecule has 3 rings (SSSR count). The maximum atomic E-state index is 13.5. The predicted molar refractivity (Wildman–Crippen MR) is 135 cm³/mol. The summed E-state index contributed by atoms with van der Waals surface area (Å²) in [6, 6.07) is 1.96. The first-order valence-electron chi connectivity index (χ1n) is 12.4. The highest BCUT2D eigenvalue weighted by Crippen LogP contribution is 2.29. The molecule has 206 valence electrons. The maximum Gasteiger partial charge on any atom is 0.274 e. The molecule has 3 amide bonds. The van der Waals surface area contributed by atoms with E-state index in [9.17, 15) is 19.2 Å². The molecular weight excluding hydrogens is 494 g/mol. The Bertz CT molecular complexity index is 1130. The normalized spacial score (nSPS) is 18.8. The molecule has 3 N–H and O–H groups in total. The van der Waals surface area contributed by atoms with Crippen LogP contribution in [0.1, 0.15) is 49.0 Å². The first-order valence-corrected chi connectivity index (χ1v) is 12.4. The van der Waals surface area contributed by atoms with Crippen molar-refractivity contribution in [2.75, 3.05) is 20.3 Å². The third-order valence-electron chi connectivity index (χ3n) is 6.05. The van der Waals surface area contributed by atoms with E-state index in [1.165, 1.54) is 13.2 Å². The Hall–Kier alpha value is -3.64. The molecule has 12 nitrogen and oxygen atoms in total. The Morgan fingerprint density at radius 2 is 1.79 bits per heavy atom. The van der Waals surface area contributed by atoms with E-state index in [4.69, 9.17) is 14.0 Å². The molecule has 2 aromatic heterocycles. The van der Waals surface area contributed by atoms with Gasteiger partial charge in [-0.2, -0.15) is 0 Å². The van der Waals surface area contributed by atoms with E-state index in [2.05, 4.69) is 26.1 Å². The van der Waals surface area contributed by atoms with Crippen molar-refractivity contribution in [2.24, 2.45) is 5.92 Å². The summed E-state index contributed by atoms with van der Waals surface area (Å²) in [5.74, 6) is -1.47. The fraction of sp³-hybridized carbons (Fsp3) is 0.538. The number of carbonyl (C=O) groups is 4. The van der Waals surface area contributed by atoms with Crippen molar-refractivity contribution in [3.63, 3.8) is 0 Å². The summed E-state index contributed by atoms with van der Waals surface area (Å²) in [5, 5.41) is 11.7. The fourth-order valence-corrected chi connectivity index (χ4v) is 3.89. The number of ether oxygens (including phenoxy) is 2. The molecular formula is C26H35N5O7. The van der Waals surface area contributed by atoms with Crippen molar-refractivity contribution in [1.29, 1.82) is 0 Å². The van der Waals surface area contributed by atoms with Crippen LogP contribution in [0.4, 0.5) is 0 Å². The van der Waals surface area contributed by atoms with Gasteiger partial charge in [0, 0.05) is 32.0 Å². The number of aryl methyl sites for hydroxylation is 1. The third kappa shape index (κ3) is 7.93. The topological polar surface area (TPSA) is 165 Å². The molecule has 3 heterocycles. The van der Waals surface area contributed by atoms with Crippen LogP contribution in [0, 0.1) is 12.8 Å². The zero-order valence-corrected chi connectivity index (χ0v) is 22.3. The van der Waals surface area contributed by atoms with Gasteiger partial charge in [0.05, 0.1) is 19.3 Å². The number of ketones is 1. The van der Waals surface area contributed by atoms with Crippen molar-refractivity contribution < 1.29 is 33.2 Å². The predicted octanol–water partition coefficient (Wildman–Crippen LogP) is 0.739. The second-order valence-corrected chi connectivity index (χ2v) is 10.0. The van der Waals surface area contributed by atoms with Gasteiger partial charge in [-0.05, 0) is 37.8 Å². The summed E-state index contributed by atoms with van der Waals surface area (Å²) >= 11 is 0. The Morgan fingerprint density at radius 3 is 2.34 bits per heavy atom. The number of hydrogen-bond acceptors (Lipinski definition) is 9. The molecule has 0 bridgehead atoms. The Morgan fingerprint density at radius 1 is 1.11 bits per heavy atom. The smallest absolute Gasteiger partial charge is 0.274 e. The van der Waals surface area contributed by atoms with Crippen LogP contribution < -0.4 is 16.0 Å². The van der Waals surface area contributed by atoms with Crippen molar-refractivity contribution >= 4 is 23.5 Å². The number of pyridine rings is 1. The van der Waals surface area contributed by atoms with Gasteiger partial charge in [0.1, 0.15) is 23.4 Å². The van der Waals surface area contributed by atoms with Crippen LogP contribution in [-0.2, 0) is 30.3 Å². The van der Waals surface area contributed by atoms with E-state index in [0.717, 1.165) is 0 Å². The largest absolute Gasteiger partial charge is 0.382 e. The average Bonchev–Trinajstić information content (AvgIpc) is 3.48. The highest BCUT2D eigenvalue weighted by Gasteiger charge is 2.50. The standard InChI is InChI=1S/C26H35N5O7/c1-15(2)9-18(22(32)26(4)14-37-26)28-23(33)19(11-17-7-6-8-27-12-17)29-25(35)21(13-36-5)30-24(34)20-10-16(3)38-31-20/h6-8,10,12,15,18-19,21H,9,11,13-14H2,1-5H3,(H,28,33)(H,29,35)(H,30,34). The van der Waals surface area contributed by atoms with Crippen LogP contribution in [0.15, 0.2) is 35.1 Å². The molecule has 0 aliphatic carbocycles. The Balaban J connectivity index is 1.78. The number of rotatable bonds is 14. The van der Waals surface area contributed by atoms with Crippen molar-refractivity contribution in [3.05, 3.63) is 47.6 Å². The molecule has 0 spiro atoms. The van der Waals surface area contributed by atoms with Crippen molar-refractivity contribution in [2.45, 2.75) is 64.3 Å². The van der Waals surface area contributed by atoms with E-state index in [1.54, 1.807) is 38.4 Å². The summed E-state index contributed by atoms with van der Waals surface area (Å²) in [7, 11) is 1.38. The van der Waals surface area contributed by atoms with Gasteiger partial charge in [0.25, 0.3) is 5.91 Å². The first-order chi connectivity index (χ1) is 18.0. The number of aromatic nitrogens is 2. The SMILES string of the molecule is COCC(NC(=O)c1cc(C)on1)C(=O)NC(Cc1cccnc1)C(=O)NC(CC(C)C)C(=O)C1(C)CO1. The van der Waals surface area contributed by atoms with E-state index < -0.39 is 41.4 Å². The number of methoxy groups -OCH3 is 1. The number of carbonyl (C=O) groups excluding carboxylic acids is 4. The maximum absolute atomic E-state index is 13.5. The van der Waals surface area contributed by atoms with Crippen LogP contribution in [0.2, 0.25) is 0 Å². The summed E-state index contributed by atoms with van der Waals surface area (Å²) in [4.78, 5) is 56.4. The lowest BCUT2D eigenvalue weighted by molar-refractivity contribution is -0.133. The minimum Gasteiger partial charge on any atom is -0.382 e. The van der Waals surface area contributed by atoms with Crippen LogP contribution in [-0.4, -0.2) is 77.7 Å². The lowest BCUT2D eigenvalue weighted by Gasteiger charge is -2.26. The van der Waals surface area contributed by atoms with E-state index in [-0.39, 0.29) is 30.4 Å². The number of Topliss-reactive ketones (excluding diaryl/α,β-unsaturated/α-hetero) is 1. The van der Waals surface area contributed by atoms with Gasteiger partial charge in [0.2, 0.25) is 11.8 Å². The molecule has 38 heavy (non-hydrogen) atoms. The van der Waals surface area contributed by atoms with Crippen molar-refractivity contribution in [1.82, 2.24) is 26.1 Å². The van der Waals surface area contributed by atoms with Crippen LogP contribution >= 0.6 is 0 Å². The molecule has 1 saturated heterocycles. The summed E-state index contributed by atoms with van der Waals surface area (Å²) in [6.07, 6.45) is 3.71. The third-order valence-corrected chi connectivity index (χ3v) is 6.05. The zero-order chi connectivity index (χ0) is 27.9. The van der Waals surface area contributed by atoms with Gasteiger partial charge in [-0.3, -0.25) is 24.2 Å². The monoisotopic (exact) mass is 529 g/mol. The van der Waals surface area contributed by atoms with E-state index in [1.807, 2.05) is 13.8 Å². The highest BCUT2D eigenvalue weighted by molar-refractivity contribution is 5.99. The number of hydrogen-bond donors (Lipinski definition) is 3. The van der Waals surface area contributed by atoms with E-state index >= 15 is 0 Å². The lowest BCUT2D eigenvalue weighted by atomic mass is 9.93. The molecule has 4 unspecified atom stereocenters. The summed E-state index contributed by atoms with van der Waals surface area (Å²) in [6.45, 7) is 7.38. The molecule has 2 aromatic rings. The fourth-order valence-electron chi connectivity index (χ4n) is 3.89. The zero-order valence-electron chi connectivity index (χ0n) is 22.3. The van der Waals surface area contributed by atoms with Gasteiger partial charge in [-0.25, -0.2) is 0 Å². The highest BCUT2D eigenvalue weighted by atomic mass is 16.6. The summed E-state index contributed by atoms with van der Waals surface area (Å²) in [5.41, 5.74) is -0.211. The van der Waals surface area contributed by atoms with Gasteiger partial charge in [0.15, 0.2) is 11.5 Å². The second kappa shape index (κ2) is 12.7. The quantitative estimate of drug-likeness (QED) is 0.299. The molecule has 0 aromatic carbocycles. The minimum absolute atomic E-state index is 0.00638. The van der Waals surface area contributed by atoms with Gasteiger partial charge < -0.3 is 29.9 Å². The lowest BCUT2D eigenvalue weighted by Crippen LogP contribution is -2.58. The number of epoxide rings is 1. The molecule has 1 aliphatic heterocycles. The molecule has 1 aliphatic rings. The second-order valence-electron chi connectivity index (χ2n) is 10.0. The van der Waals surface area contributed by atoms with Gasteiger partial charge in [-0.1, -0.05) is 25.1 Å². The number of nitrogens with one attached hydrogen (secondary N) is 3. The Labute approximate surface area is 221 Å². The molecule has 4 atom stereocenters. The minimum atomic E-state index is -1.12. The van der Waals surface area contributed by atoms with Gasteiger partial charge in [-0.15, -0.1) is 0 Å². The van der Waals surface area contributed by atoms with Crippen LogP contribution in [0.3, 0.4) is 0 Å². The summed E-state index contributed by atoms with van der Waals surface area (Å²) < 4.78 is 15.4. The Kier molecular flexibility index (Phi) is 9.70. The van der Waals surface area contributed by atoms with E-state index in [0.29, 0.717) is 24.4 Å². The molecule has 0 radical (unpaired) electrons. The molecule has 12 heteroatoms. The average molecular weight is 530 g/mol. The van der Waals surface area contributed by atoms with Crippen LogP contribution in [0.25, 0.3) is 0 Å². The molecule has 1 fully saturated rings. The van der Waals surface area contributed by atoms with Gasteiger partial charge >= 0.3 is 0 Å². The molecule has 0 saturated carbocycles. The first kappa shape index (κ1) is 28.9. The van der Waals surface area contributed by atoms with Crippen LogP contribution in [0.5, 0.6) is 0 Å².